The minimum absolute atomic E-state index is 0.178. The average molecular weight is 527 g/mol. The number of nitrogens with one attached hydrogen (secondary N) is 2. The molecule has 12 nitrogen and oxygen atoms in total. The number of rotatable bonds is 9. The van der Waals surface area contributed by atoms with E-state index in [4.69, 9.17) is 18.5 Å². The van der Waals surface area contributed by atoms with Crippen molar-refractivity contribution in [3.63, 3.8) is 0 Å². The molecule has 0 amide bonds. The number of nitrogens with zero attached hydrogens (tertiary/aromatic N) is 1. The normalized spacial score (nSPS) is 29.5. The number of aliphatic hydroxyl groups is 1. The summed E-state index contributed by atoms with van der Waals surface area (Å²) in [6.45, 7) is 1.07. The van der Waals surface area contributed by atoms with Gasteiger partial charge < -0.3 is 24.4 Å². The van der Waals surface area contributed by atoms with Gasteiger partial charge in [-0.1, -0.05) is 18.2 Å². The molecule has 4 rings (SSSR count). The van der Waals surface area contributed by atoms with Crippen LogP contribution in [0.25, 0.3) is 0 Å². The Morgan fingerprint density at radius 1 is 1.31 bits per heavy atom. The summed E-state index contributed by atoms with van der Waals surface area (Å²) in [4.78, 5) is 37.8. The number of hydrogen-bond acceptors (Lipinski definition) is 10. The van der Waals surface area contributed by atoms with Crippen LogP contribution >= 0.6 is 7.60 Å². The summed E-state index contributed by atoms with van der Waals surface area (Å²) >= 11 is 0. The van der Waals surface area contributed by atoms with Gasteiger partial charge in [-0.3, -0.25) is 23.7 Å². The second-order valence-electron chi connectivity index (χ2n) is 8.69. The number of aliphatic hydroxyl groups excluding tert-OH is 1. The number of carbonyl (C=O) groups is 1. The highest BCUT2D eigenvalue weighted by molar-refractivity contribution is 7.54. The van der Waals surface area contributed by atoms with Crippen molar-refractivity contribution in [1.82, 2.24) is 14.9 Å². The molecule has 0 radical (unpaired) electrons. The summed E-state index contributed by atoms with van der Waals surface area (Å²) in [6, 6.07) is 8.51. The van der Waals surface area contributed by atoms with E-state index >= 15 is 4.39 Å². The van der Waals surface area contributed by atoms with E-state index in [1.165, 1.54) is 12.1 Å². The van der Waals surface area contributed by atoms with Crippen molar-refractivity contribution in [2.75, 3.05) is 19.5 Å². The molecular weight excluding hydrogens is 500 g/mol. The Morgan fingerprint density at radius 2 is 2.06 bits per heavy atom. The van der Waals surface area contributed by atoms with Gasteiger partial charge >= 0.3 is 19.3 Å². The van der Waals surface area contributed by atoms with Crippen LogP contribution in [-0.4, -0.2) is 64.0 Å². The molecule has 6 atom stereocenters. The molecular formula is C22H27FN3O9P. The molecule has 2 fully saturated rings. The number of hydrogen-bond donors (Lipinski definition) is 3. The third-order valence-corrected chi connectivity index (χ3v) is 7.43. The number of H-pyrrole nitrogens is 1. The summed E-state index contributed by atoms with van der Waals surface area (Å²) < 4.78 is 51.4. The van der Waals surface area contributed by atoms with Gasteiger partial charge in [0, 0.05) is 12.3 Å². The lowest BCUT2D eigenvalue weighted by Gasteiger charge is -2.24. The first-order valence-electron chi connectivity index (χ1n) is 11.3. The van der Waals surface area contributed by atoms with Crippen LogP contribution in [-0.2, 0) is 23.4 Å². The van der Waals surface area contributed by atoms with Crippen LogP contribution in [0.5, 0.6) is 5.75 Å². The fraction of sp³-hybridized carbons (Fsp3) is 0.500. The number of aromatic nitrogens is 2. The summed E-state index contributed by atoms with van der Waals surface area (Å²) in [5.74, 6) is -0.434. The number of esters is 1. The SMILES string of the molecule is C[C@@]1(F)[C@H](O)[C@@H](CO[P@@](=O)(COC(=O)C2CCCN2)Oc2ccccc2)O[C@H]1n1ccc(=O)[nH]c1=O. The van der Waals surface area contributed by atoms with Crippen molar-refractivity contribution in [2.45, 2.75) is 49.9 Å². The van der Waals surface area contributed by atoms with Crippen LogP contribution in [0.1, 0.15) is 26.0 Å². The van der Waals surface area contributed by atoms with Crippen molar-refractivity contribution < 1.29 is 37.4 Å². The fourth-order valence-corrected chi connectivity index (χ4v) is 5.29. The van der Waals surface area contributed by atoms with Crippen LogP contribution in [0.4, 0.5) is 4.39 Å². The van der Waals surface area contributed by atoms with Crippen LogP contribution in [0.15, 0.2) is 52.2 Å². The molecule has 36 heavy (non-hydrogen) atoms. The van der Waals surface area contributed by atoms with Gasteiger partial charge in [-0.25, -0.2) is 13.8 Å². The van der Waals surface area contributed by atoms with E-state index in [2.05, 4.69) is 5.32 Å². The van der Waals surface area contributed by atoms with Gasteiger partial charge in [-0.05, 0) is 38.4 Å². The van der Waals surface area contributed by atoms with Crippen LogP contribution in [0.3, 0.4) is 0 Å². The van der Waals surface area contributed by atoms with Gasteiger partial charge in [0.05, 0.1) is 6.61 Å². The molecule has 196 valence electrons. The number of para-hydroxylation sites is 1. The van der Waals surface area contributed by atoms with Crippen molar-refractivity contribution >= 4 is 13.6 Å². The van der Waals surface area contributed by atoms with E-state index in [0.29, 0.717) is 13.0 Å². The molecule has 0 aliphatic carbocycles. The highest BCUT2D eigenvalue weighted by atomic mass is 31.2. The monoisotopic (exact) mass is 527 g/mol. The van der Waals surface area contributed by atoms with E-state index in [0.717, 1.165) is 30.2 Å². The third kappa shape index (κ3) is 5.76. The lowest BCUT2D eigenvalue weighted by atomic mass is 9.98. The first-order valence-corrected chi connectivity index (χ1v) is 13.0. The number of benzene rings is 1. The minimum Gasteiger partial charge on any atom is -0.450 e. The maximum atomic E-state index is 15.4. The summed E-state index contributed by atoms with van der Waals surface area (Å²) in [7, 11) is -4.16. The Labute approximate surface area is 204 Å². The highest BCUT2D eigenvalue weighted by Gasteiger charge is 2.55. The van der Waals surface area contributed by atoms with E-state index in [1.807, 2.05) is 4.98 Å². The van der Waals surface area contributed by atoms with Crippen molar-refractivity contribution in [2.24, 2.45) is 0 Å². The molecule has 3 heterocycles. The minimum atomic E-state index is -4.16. The molecule has 1 unspecified atom stereocenters. The molecule has 0 bridgehead atoms. The second-order valence-corrected chi connectivity index (χ2v) is 10.6. The first kappa shape index (κ1) is 26.2. The van der Waals surface area contributed by atoms with Gasteiger partial charge in [0.25, 0.3) is 5.56 Å². The molecule has 2 aromatic rings. The quantitative estimate of drug-likeness (QED) is 0.318. The van der Waals surface area contributed by atoms with Gasteiger partial charge in [0.15, 0.2) is 11.9 Å². The maximum absolute atomic E-state index is 15.4. The molecule has 14 heteroatoms. The fourth-order valence-electron chi connectivity index (χ4n) is 4.01. The van der Waals surface area contributed by atoms with E-state index in [9.17, 15) is 24.1 Å². The van der Waals surface area contributed by atoms with E-state index < -0.39 is 67.9 Å². The standard InChI is InChI=1S/C22H27FN3O9P/c1-22(23)18(28)16(34-20(22)26-11-9-17(27)25-21(26)30)12-33-36(31,35-14-6-3-2-4-7-14)13-32-19(29)15-8-5-10-24-15/h2-4,6-7,9,11,15-16,18,20,24,28H,5,8,10,12-13H2,1H3,(H,25,27,30)/t15?,16-,18-,20-,22-,36+/m1/s1. The molecule has 2 aliphatic heterocycles. The predicted molar refractivity (Wildman–Crippen MR) is 123 cm³/mol. The van der Waals surface area contributed by atoms with Crippen LogP contribution < -0.4 is 21.1 Å². The zero-order valence-corrected chi connectivity index (χ0v) is 20.3. The third-order valence-electron chi connectivity index (χ3n) is 5.95. The number of ether oxygens (including phenoxy) is 2. The molecule has 0 spiro atoms. The zero-order chi connectivity index (χ0) is 25.9. The Balaban J connectivity index is 1.48. The largest absolute Gasteiger partial charge is 0.450 e. The Bertz CT molecular complexity index is 1230. The van der Waals surface area contributed by atoms with Gasteiger partial charge in [0.1, 0.15) is 24.0 Å². The zero-order valence-electron chi connectivity index (χ0n) is 19.4. The number of aromatic amines is 1. The molecule has 2 aliphatic rings. The Hall–Kier alpha value is -2.83. The molecule has 1 aromatic heterocycles. The van der Waals surface area contributed by atoms with E-state index in [-0.39, 0.29) is 5.75 Å². The van der Waals surface area contributed by atoms with Crippen LogP contribution in [0.2, 0.25) is 0 Å². The van der Waals surface area contributed by atoms with Crippen LogP contribution in [0, 0.1) is 0 Å². The molecule has 2 saturated heterocycles. The average Bonchev–Trinajstić information content (AvgIpc) is 3.45. The lowest BCUT2D eigenvalue weighted by molar-refractivity contribution is -0.144. The molecule has 3 N–H and O–H groups in total. The summed E-state index contributed by atoms with van der Waals surface area (Å²) in [6.07, 6.45) is -3.08. The smallest absolute Gasteiger partial charge is 0.416 e. The number of carbonyl (C=O) groups excluding carboxylic acids is 1. The molecule has 1 aromatic carbocycles. The van der Waals surface area contributed by atoms with Crippen molar-refractivity contribution in [3.05, 3.63) is 63.4 Å². The topological polar surface area (TPSA) is 158 Å². The van der Waals surface area contributed by atoms with Gasteiger partial charge in [-0.2, -0.15) is 0 Å². The van der Waals surface area contributed by atoms with Crippen molar-refractivity contribution in [3.8, 4) is 5.75 Å². The first-order chi connectivity index (χ1) is 17.1. The Kier molecular flexibility index (Phi) is 7.76. The summed E-state index contributed by atoms with van der Waals surface area (Å²) in [5.41, 5.74) is -4.09. The van der Waals surface area contributed by atoms with Crippen molar-refractivity contribution in [1.29, 1.82) is 0 Å². The maximum Gasteiger partial charge on any atom is 0.416 e. The van der Waals surface area contributed by atoms with Gasteiger partial charge in [-0.15, -0.1) is 0 Å². The highest BCUT2D eigenvalue weighted by Crippen LogP contribution is 2.50. The second kappa shape index (κ2) is 10.7. The lowest BCUT2D eigenvalue weighted by Crippen LogP contribution is -2.43. The summed E-state index contributed by atoms with van der Waals surface area (Å²) in [5, 5.41) is 13.5. The van der Waals surface area contributed by atoms with E-state index in [1.54, 1.807) is 18.2 Å². The number of alkyl halides is 1. The Morgan fingerprint density at radius 3 is 2.72 bits per heavy atom. The van der Waals surface area contributed by atoms with Gasteiger partial charge in [0.2, 0.25) is 6.35 Å². The molecule has 0 saturated carbocycles. The predicted octanol–water partition coefficient (Wildman–Crippen LogP) is 1.06. The number of halogens is 1.